The van der Waals surface area contributed by atoms with Gasteiger partial charge in [0.2, 0.25) is 0 Å². The molecule has 19 heavy (non-hydrogen) atoms. The van der Waals surface area contributed by atoms with Crippen LogP contribution in [-0.2, 0) is 0 Å². The number of carbonyl (C=O) groups is 1. The van der Waals surface area contributed by atoms with E-state index in [4.69, 9.17) is 5.11 Å². The number of aliphatic hydroxyl groups is 1. The van der Waals surface area contributed by atoms with Crippen LogP contribution in [0.4, 0.5) is 4.79 Å². The van der Waals surface area contributed by atoms with Gasteiger partial charge in [0.15, 0.2) is 0 Å². The van der Waals surface area contributed by atoms with Crippen LogP contribution in [0.2, 0.25) is 0 Å². The highest BCUT2D eigenvalue weighted by atomic mass is 16.3. The molecule has 4 nitrogen and oxygen atoms in total. The average molecular weight is 262 g/mol. The zero-order valence-electron chi connectivity index (χ0n) is 11.6. The second kappa shape index (κ2) is 6.06. The molecule has 0 bridgehead atoms. The lowest BCUT2D eigenvalue weighted by Gasteiger charge is -2.24. The molecule has 0 radical (unpaired) electrons. The summed E-state index contributed by atoms with van der Waals surface area (Å²) in [7, 11) is 0. The third-order valence-electron chi connectivity index (χ3n) is 3.51. The topological polar surface area (TPSA) is 52.6 Å². The van der Waals surface area contributed by atoms with E-state index in [-0.39, 0.29) is 18.7 Å². The molecule has 1 saturated carbocycles. The maximum Gasteiger partial charge on any atom is 0.318 e. The minimum absolute atomic E-state index is 0.0167. The van der Waals surface area contributed by atoms with E-state index < -0.39 is 0 Å². The van der Waals surface area contributed by atoms with Crippen LogP contribution in [0.15, 0.2) is 24.3 Å². The molecule has 0 spiro atoms. The Morgan fingerprint density at radius 2 is 2.05 bits per heavy atom. The lowest BCUT2D eigenvalue weighted by atomic mass is 10.1. The van der Waals surface area contributed by atoms with Crippen LogP contribution in [-0.4, -0.2) is 35.2 Å². The van der Waals surface area contributed by atoms with Crippen molar-refractivity contribution in [2.24, 2.45) is 0 Å². The number of nitrogens with zero attached hydrogens (tertiary/aromatic N) is 1. The van der Waals surface area contributed by atoms with Crippen LogP contribution in [0.25, 0.3) is 0 Å². The zero-order chi connectivity index (χ0) is 13.8. The predicted molar refractivity (Wildman–Crippen MR) is 74.9 cm³/mol. The number of hydrogen-bond acceptors (Lipinski definition) is 2. The van der Waals surface area contributed by atoms with E-state index in [9.17, 15) is 4.79 Å². The van der Waals surface area contributed by atoms with Gasteiger partial charge in [-0.1, -0.05) is 29.8 Å². The molecule has 1 aromatic carbocycles. The number of aliphatic hydroxyl groups excluding tert-OH is 1. The van der Waals surface area contributed by atoms with Gasteiger partial charge in [0, 0.05) is 12.6 Å². The van der Waals surface area contributed by atoms with Crippen molar-refractivity contribution in [2.75, 3.05) is 13.2 Å². The molecule has 0 saturated heterocycles. The highest BCUT2D eigenvalue weighted by Crippen LogP contribution is 2.27. The Balaban J connectivity index is 1.95. The first kappa shape index (κ1) is 13.9. The smallest absolute Gasteiger partial charge is 0.318 e. The summed E-state index contributed by atoms with van der Waals surface area (Å²) >= 11 is 0. The van der Waals surface area contributed by atoms with Crippen LogP contribution in [0, 0.1) is 6.92 Å². The summed E-state index contributed by atoms with van der Waals surface area (Å²) < 4.78 is 0. The van der Waals surface area contributed by atoms with Crippen molar-refractivity contribution in [1.29, 1.82) is 0 Å². The minimum atomic E-state index is -0.0791. The normalized spacial score (nSPS) is 15.9. The van der Waals surface area contributed by atoms with Crippen molar-refractivity contribution >= 4 is 6.03 Å². The molecule has 0 aromatic heterocycles. The fourth-order valence-corrected chi connectivity index (χ4v) is 2.15. The molecule has 1 fully saturated rings. The van der Waals surface area contributed by atoms with Crippen molar-refractivity contribution in [3.63, 3.8) is 0 Å². The Bertz CT molecular complexity index is 426. The first-order chi connectivity index (χ1) is 9.11. The summed E-state index contributed by atoms with van der Waals surface area (Å²) in [5.41, 5.74) is 2.31. The minimum Gasteiger partial charge on any atom is -0.395 e. The van der Waals surface area contributed by atoms with E-state index in [2.05, 4.69) is 5.32 Å². The van der Waals surface area contributed by atoms with E-state index in [0.29, 0.717) is 12.6 Å². The highest BCUT2D eigenvalue weighted by Gasteiger charge is 2.32. The third kappa shape index (κ3) is 3.70. The highest BCUT2D eigenvalue weighted by molar-refractivity contribution is 5.75. The van der Waals surface area contributed by atoms with Gasteiger partial charge in [-0.2, -0.15) is 0 Å². The number of rotatable bonds is 5. The van der Waals surface area contributed by atoms with Gasteiger partial charge in [0.1, 0.15) is 0 Å². The fourth-order valence-electron chi connectivity index (χ4n) is 2.15. The quantitative estimate of drug-likeness (QED) is 0.855. The van der Waals surface area contributed by atoms with Crippen LogP contribution >= 0.6 is 0 Å². The van der Waals surface area contributed by atoms with Crippen molar-refractivity contribution < 1.29 is 9.90 Å². The number of carbonyl (C=O) groups excluding carboxylic acids is 1. The summed E-state index contributed by atoms with van der Waals surface area (Å²) in [4.78, 5) is 13.9. The first-order valence-corrected chi connectivity index (χ1v) is 6.86. The van der Waals surface area contributed by atoms with Gasteiger partial charge in [0.05, 0.1) is 12.6 Å². The molecular formula is C15H22N2O2. The largest absolute Gasteiger partial charge is 0.395 e. The molecule has 2 N–H and O–H groups in total. The van der Waals surface area contributed by atoms with Gasteiger partial charge >= 0.3 is 6.03 Å². The van der Waals surface area contributed by atoms with Crippen molar-refractivity contribution in [2.45, 2.75) is 38.8 Å². The molecule has 104 valence electrons. The van der Waals surface area contributed by atoms with E-state index in [0.717, 1.165) is 18.4 Å². The molecule has 4 heteroatoms. The summed E-state index contributed by atoms with van der Waals surface area (Å²) in [6.45, 7) is 4.45. The molecule has 1 aliphatic carbocycles. The molecular weight excluding hydrogens is 240 g/mol. The Hall–Kier alpha value is -1.55. The molecule has 0 heterocycles. The number of nitrogens with one attached hydrogen (secondary N) is 1. The summed E-state index contributed by atoms with van der Waals surface area (Å²) in [5.74, 6) is 0. The summed E-state index contributed by atoms with van der Waals surface area (Å²) in [6.07, 6.45) is 2.10. The number of aryl methyl sites for hydroxylation is 1. The van der Waals surface area contributed by atoms with Crippen molar-refractivity contribution in [1.82, 2.24) is 10.2 Å². The Kier molecular flexibility index (Phi) is 4.43. The standard InChI is InChI=1S/C15H22N2O2/c1-11-3-5-13(6-4-11)12(2)16-15(19)17(9-10-18)14-7-8-14/h3-6,12,14,18H,7-10H2,1-2H3,(H,16,19). The van der Waals surface area contributed by atoms with Crippen molar-refractivity contribution in [3.8, 4) is 0 Å². The van der Waals surface area contributed by atoms with Gasteiger partial charge in [-0.05, 0) is 32.3 Å². The Labute approximate surface area is 114 Å². The van der Waals surface area contributed by atoms with Crippen molar-refractivity contribution in [3.05, 3.63) is 35.4 Å². The fraction of sp³-hybridized carbons (Fsp3) is 0.533. The lowest BCUT2D eigenvalue weighted by Crippen LogP contribution is -2.43. The lowest BCUT2D eigenvalue weighted by molar-refractivity contribution is 0.171. The number of urea groups is 1. The second-order valence-electron chi connectivity index (χ2n) is 5.23. The van der Waals surface area contributed by atoms with Gasteiger partial charge in [0.25, 0.3) is 0 Å². The second-order valence-corrected chi connectivity index (χ2v) is 5.23. The van der Waals surface area contributed by atoms with Gasteiger partial charge in [-0.15, -0.1) is 0 Å². The van der Waals surface area contributed by atoms with Crippen LogP contribution in [0.5, 0.6) is 0 Å². The van der Waals surface area contributed by atoms with E-state index in [1.807, 2.05) is 38.1 Å². The van der Waals surface area contributed by atoms with Gasteiger partial charge in [-0.25, -0.2) is 4.79 Å². The number of amides is 2. The van der Waals surface area contributed by atoms with Crippen LogP contribution in [0.1, 0.15) is 36.9 Å². The third-order valence-corrected chi connectivity index (χ3v) is 3.51. The van der Waals surface area contributed by atoms with Crippen LogP contribution < -0.4 is 5.32 Å². The number of hydrogen-bond donors (Lipinski definition) is 2. The molecule has 1 atom stereocenters. The molecule has 2 amide bonds. The SMILES string of the molecule is Cc1ccc(C(C)NC(=O)N(CCO)C2CC2)cc1. The summed E-state index contributed by atoms with van der Waals surface area (Å²) in [6, 6.07) is 8.38. The maximum atomic E-state index is 12.2. The summed E-state index contributed by atoms with van der Waals surface area (Å²) in [5, 5.41) is 12.0. The van der Waals surface area contributed by atoms with Gasteiger partial charge < -0.3 is 15.3 Å². The monoisotopic (exact) mass is 262 g/mol. The van der Waals surface area contributed by atoms with Gasteiger partial charge in [-0.3, -0.25) is 0 Å². The Morgan fingerprint density at radius 1 is 1.42 bits per heavy atom. The van der Waals surface area contributed by atoms with E-state index in [1.54, 1.807) is 4.90 Å². The zero-order valence-corrected chi connectivity index (χ0v) is 11.6. The predicted octanol–water partition coefficient (Wildman–Crippen LogP) is 2.22. The molecule has 1 unspecified atom stereocenters. The van der Waals surface area contributed by atoms with E-state index in [1.165, 1.54) is 5.56 Å². The average Bonchev–Trinajstić information content (AvgIpc) is 3.20. The first-order valence-electron chi connectivity index (χ1n) is 6.86. The number of benzene rings is 1. The molecule has 1 aromatic rings. The van der Waals surface area contributed by atoms with Crippen LogP contribution in [0.3, 0.4) is 0 Å². The molecule has 1 aliphatic rings. The molecule has 0 aliphatic heterocycles. The Morgan fingerprint density at radius 3 is 2.58 bits per heavy atom. The molecule has 2 rings (SSSR count). The maximum absolute atomic E-state index is 12.2. The van der Waals surface area contributed by atoms with E-state index >= 15 is 0 Å².